The number of ether oxygens (including phenoxy) is 1. The van der Waals surface area contributed by atoms with E-state index in [9.17, 15) is 19.8 Å². The lowest BCUT2D eigenvalue weighted by Gasteiger charge is -2.24. The molecule has 2 rings (SSSR count). The Hall–Kier alpha value is -2.61. The molecule has 1 amide bonds. The van der Waals surface area contributed by atoms with Crippen LogP contribution in [0, 0.1) is 5.92 Å². The van der Waals surface area contributed by atoms with E-state index in [0.717, 1.165) is 25.7 Å². The predicted octanol–water partition coefficient (Wildman–Crippen LogP) is 3.28. The van der Waals surface area contributed by atoms with E-state index in [4.69, 9.17) is 10.5 Å². The van der Waals surface area contributed by atoms with Crippen LogP contribution < -0.4 is 11.1 Å². The number of hydrogen-bond donors (Lipinski definition) is 4. The van der Waals surface area contributed by atoms with Crippen molar-refractivity contribution in [1.82, 2.24) is 0 Å². The number of carboxylic acid groups (broad SMARTS) is 1. The summed E-state index contributed by atoms with van der Waals surface area (Å²) in [5, 5.41) is 21.1. The number of rotatable bonds is 5. The fourth-order valence-corrected chi connectivity index (χ4v) is 3.10. The van der Waals surface area contributed by atoms with Gasteiger partial charge in [-0.25, -0.2) is 9.59 Å². The van der Waals surface area contributed by atoms with E-state index in [1.165, 1.54) is 12.1 Å². The number of amides is 1. The maximum Gasteiger partial charge on any atom is 0.412 e. The molecular formula is C20H29N3O5. The van der Waals surface area contributed by atoms with Crippen LogP contribution in [-0.4, -0.2) is 46.7 Å². The van der Waals surface area contributed by atoms with E-state index in [1.54, 1.807) is 27.0 Å². The quantitative estimate of drug-likeness (QED) is 0.449. The number of carbonyl (C=O) groups is 2. The second-order valence-electron chi connectivity index (χ2n) is 8.09. The lowest BCUT2D eigenvalue weighted by Crippen LogP contribution is -2.28. The Morgan fingerprint density at radius 2 is 1.93 bits per heavy atom. The van der Waals surface area contributed by atoms with Crippen LogP contribution >= 0.6 is 0 Å². The predicted molar refractivity (Wildman–Crippen MR) is 108 cm³/mol. The van der Waals surface area contributed by atoms with Crippen LogP contribution in [0.2, 0.25) is 0 Å². The molecule has 0 saturated heterocycles. The van der Waals surface area contributed by atoms with Gasteiger partial charge < -0.3 is 20.7 Å². The Labute approximate surface area is 164 Å². The Morgan fingerprint density at radius 1 is 1.29 bits per heavy atom. The highest BCUT2D eigenvalue weighted by molar-refractivity contribution is 6.02. The molecule has 0 heterocycles. The van der Waals surface area contributed by atoms with E-state index in [1.807, 2.05) is 0 Å². The fourth-order valence-electron chi connectivity index (χ4n) is 3.10. The van der Waals surface area contributed by atoms with Crippen LogP contribution in [0.25, 0.3) is 0 Å². The van der Waals surface area contributed by atoms with Crippen molar-refractivity contribution in [2.75, 3.05) is 17.7 Å². The van der Waals surface area contributed by atoms with Crippen LogP contribution in [0.1, 0.15) is 62.4 Å². The first-order valence-electron chi connectivity index (χ1n) is 9.40. The molecule has 0 radical (unpaired) electrons. The normalized spacial score (nSPS) is 20.1. The van der Waals surface area contributed by atoms with Gasteiger partial charge in [-0.05, 0) is 64.5 Å². The fraction of sp³-hybridized carbons (Fsp3) is 0.550. The Morgan fingerprint density at radius 3 is 2.46 bits per heavy atom. The summed E-state index contributed by atoms with van der Waals surface area (Å²) >= 11 is 0. The number of aromatic carboxylic acids is 1. The molecule has 1 aromatic rings. The van der Waals surface area contributed by atoms with Gasteiger partial charge in [0.15, 0.2) is 0 Å². The average molecular weight is 391 g/mol. The minimum absolute atomic E-state index is 0.0985. The maximum atomic E-state index is 12.1. The van der Waals surface area contributed by atoms with Crippen molar-refractivity contribution in [2.24, 2.45) is 10.9 Å². The molecule has 0 unspecified atom stereocenters. The SMILES string of the molecule is CC(C)(C)OC(=O)Nc1cc(C=NC2CCC(CO)CC2)c(N)cc1C(=O)O. The zero-order valence-corrected chi connectivity index (χ0v) is 16.6. The summed E-state index contributed by atoms with van der Waals surface area (Å²) in [6, 6.07) is 2.94. The number of nitrogens with two attached hydrogens (primary N) is 1. The van der Waals surface area contributed by atoms with Gasteiger partial charge in [0, 0.05) is 30.1 Å². The Balaban J connectivity index is 2.20. The van der Waals surface area contributed by atoms with Gasteiger partial charge in [-0.3, -0.25) is 10.3 Å². The van der Waals surface area contributed by atoms with E-state index < -0.39 is 17.7 Å². The van der Waals surface area contributed by atoms with Crippen molar-refractivity contribution < 1.29 is 24.5 Å². The Kier molecular flexibility index (Phi) is 7.01. The van der Waals surface area contributed by atoms with Crippen molar-refractivity contribution in [3.8, 4) is 0 Å². The van der Waals surface area contributed by atoms with Crippen LogP contribution in [0.15, 0.2) is 17.1 Å². The van der Waals surface area contributed by atoms with Gasteiger partial charge in [0.05, 0.1) is 11.3 Å². The largest absolute Gasteiger partial charge is 0.478 e. The number of hydrogen-bond acceptors (Lipinski definition) is 6. The van der Waals surface area contributed by atoms with Crippen molar-refractivity contribution in [3.63, 3.8) is 0 Å². The molecule has 8 nitrogen and oxygen atoms in total. The zero-order valence-electron chi connectivity index (χ0n) is 16.6. The molecule has 1 aromatic carbocycles. The summed E-state index contributed by atoms with van der Waals surface area (Å²) in [4.78, 5) is 28.1. The number of anilines is 2. The lowest BCUT2D eigenvalue weighted by molar-refractivity contribution is 0.0636. The average Bonchev–Trinajstić information content (AvgIpc) is 2.60. The van der Waals surface area contributed by atoms with Gasteiger partial charge in [-0.2, -0.15) is 0 Å². The number of aliphatic hydroxyl groups is 1. The third-order valence-corrected chi connectivity index (χ3v) is 4.59. The standard InChI is InChI=1S/C20H29N3O5/c1-20(2,3)28-19(27)23-17-8-13(16(21)9-15(17)18(25)26)10-22-14-6-4-12(11-24)5-7-14/h8-10,12,14,24H,4-7,11,21H2,1-3H3,(H,23,27)(H,25,26). The summed E-state index contributed by atoms with van der Waals surface area (Å²) < 4.78 is 5.19. The van der Waals surface area contributed by atoms with Crippen molar-refractivity contribution >= 4 is 29.7 Å². The number of benzene rings is 1. The van der Waals surface area contributed by atoms with E-state index >= 15 is 0 Å². The van der Waals surface area contributed by atoms with Crippen molar-refractivity contribution in [2.45, 2.75) is 58.1 Å². The first kappa shape index (κ1) is 21.7. The van der Waals surface area contributed by atoms with Gasteiger partial charge in [0.25, 0.3) is 0 Å². The number of aliphatic imine (C=N–C) groups is 1. The van der Waals surface area contributed by atoms with Crippen LogP contribution in [0.3, 0.4) is 0 Å². The number of nitrogen functional groups attached to an aromatic ring is 1. The molecule has 154 valence electrons. The number of nitrogens with one attached hydrogen (secondary N) is 1. The number of carboxylic acids is 1. The first-order valence-corrected chi connectivity index (χ1v) is 9.40. The molecule has 1 fully saturated rings. The minimum atomic E-state index is -1.21. The summed E-state index contributed by atoms with van der Waals surface area (Å²) in [6.07, 6.45) is 4.50. The van der Waals surface area contributed by atoms with Crippen LogP contribution in [0.5, 0.6) is 0 Å². The topological polar surface area (TPSA) is 134 Å². The summed E-state index contributed by atoms with van der Waals surface area (Å²) in [5.74, 6) is -0.862. The molecule has 1 saturated carbocycles. The van der Waals surface area contributed by atoms with Gasteiger partial charge in [0.2, 0.25) is 0 Å². The van der Waals surface area contributed by atoms with Crippen molar-refractivity contribution in [1.29, 1.82) is 0 Å². The molecule has 0 bridgehead atoms. The molecular weight excluding hydrogens is 362 g/mol. The second kappa shape index (κ2) is 9.05. The third-order valence-electron chi connectivity index (χ3n) is 4.59. The lowest BCUT2D eigenvalue weighted by atomic mass is 9.87. The molecule has 5 N–H and O–H groups in total. The molecule has 1 aliphatic rings. The van der Waals surface area contributed by atoms with Gasteiger partial charge >= 0.3 is 12.1 Å². The van der Waals surface area contributed by atoms with E-state index in [0.29, 0.717) is 11.5 Å². The molecule has 0 spiro atoms. The molecule has 1 aliphatic carbocycles. The molecule has 0 aliphatic heterocycles. The number of aliphatic hydroxyl groups excluding tert-OH is 1. The highest BCUT2D eigenvalue weighted by Crippen LogP contribution is 2.27. The summed E-state index contributed by atoms with van der Waals surface area (Å²) in [7, 11) is 0. The monoisotopic (exact) mass is 391 g/mol. The number of nitrogens with zero attached hydrogens (tertiary/aromatic N) is 1. The highest BCUT2D eigenvalue weighted by Gasteiger charge is 2.21. The first-order chi connectivity index (χ1) is 13.1. The van der Waals surface area contributed by atoms with E-state index in [2.05, 4.69) is 10.3 Å². The summed E-state index contributed by atoms with van der Waals surface area (Å²) in [6.45, 7) is 5.37. The van der Waals surface area contributed by atoms with Crippen molar-refractivity contribution in [3.05, 3.63) is 23.3 Å². The van der Waals surface area contributed by atoms with Gasteiger partial charge in [-0.15, -0.1) is 0 Å². The second-order valence-corrected chi connectivity index (χ2v) is 8.09. The molecule has 0 aromatic heterocycles. The van der Waals surface area contributed by atoms with E-state index in [-0.39, 0.29) is 29.6 Å². The molecule has 28 heavy (non-hydrogen) atoms. The highest BCUT2D eigenvalue weighted by atomic mass is 16.6. The Bertz CT molecular complexity index is 747. The smallest absolute Gasteiger partial charge is 0.412 e. The maximum absolute atomic E-state index is 12.1. The third kappa shape index (κ3) is 6.23. The summed E-state index contributed by atoms with van der Waals surface area (Å²) in [5.41, 5.74) is 6.05. The molecule has 8 heteroatoms. The van der Waals surface area contributed by atoms with Gasteiger partial charge in [-0.1, -0.05) is 0 Å². The number of carbonyl (C=O) groups excluding carboxylic acids is 1. The van der Waals surface area contributed by atoms with Crippen LogP contribution in [-0.2, 0) is 4.74 Å². The molecule has 0 atom stereocenters. The van der Waals surface area contributed by atoms with Gasteiger partial charge in [0.1, 0.15) is 5.60 Å². The minimum Gasteiger partial charge on any atom is -0.478 e. The zero-order chi connectivity index (χ0) is 20.9. The van der Waals surface area contributed by atoms with Crippen LogP contribution in [0.4, 0.5) is 16.2 Å².